The molecule has 0 amide bonds. The Hall–Kier alpha value is -3.78. The van der Waals surface area contributed by atoms with Crippen molar-refractivity contribution in [2.45, 2.75) is 0 Å². The third-order valence-electron chi connectivity index (χ3n) is 5.54. The Bertz CT molecular complexity index is 1350. The van der Waals surface area contributed by atoms with E-state index in [0.29, 0.717) is 0 Å². The van der Waals surface area contributed by atoms with Crippen LogP contribution in [0, 0.1) is 0 Å². The van der Waals surface area contributed by atoms with E-state index in [1.54, 1.807) is 7.11 Å². The van der Waals surface area contributed by atoms with Gasteiger partial charge in [0.1, 0.15) is 5.75 Å². The summed E-state index contributed by atoms with van der Waals surface area (Å²) in [5, 5.41) is 4.70. The Morgan fingerprint density at radius 2 is 1.14 bits per heavy atom. The number of nitrogen functional groups attached to an aromatic ring is 1. The lowest BCUT2D eigenvalue weighted by atomic mass is 9.86. The molecule has 0 saturated carbocycles. The van der Waals surface area contributed by atoms with E-state index in [2.05, 4.69) is 72.8 Å². The molecular weight excluding hydrogens is 354 g/mol. The highest BCUT2D eigenvalue weighted by molar-refractivity contribution is 6.14. The van der Waals surface area contributed by atoms with E-state index in [1.165, 1.54) is 16.2 Å². The van der Waals surface area contributed by atoms with Crippen LogP contribution >= 0.6 is 0 Å². The van der Waals surface area contributed by atoms with Gasteiger partial charge in [-0.05, 0) is 39.2 Å². The first kappa shape index (κ1) is 17.3. The van der Waals surface area contributed by atoms with Crippen molar-refractivity contribution in [1.82, 2.24) is 0 Å². The molecule has 5 aromatic carbocycles. The maximum atomic E-state index is 6.60. The van der Waals surface area contributed by atoms with Gasteiger partial charge in [-0.15, -0.1) is 0 Å². The number of fused-ring (bicyclic) bond motifs is 2. The summed E-state index contributed by atoms with van der Waals surface area (Å²) >= 11 is 0. The van der Waals surface area contributed by atoms with Crippen molar-refractivity contribution in [2.24, 2.45) is 0 Å². The van der Waals surface area contributed by atoms with Gasteiger partial charge in [0.15, 0.2) is 0 Å². The Morgan fingerprint density at radius 3 is 1.86 bits per heavy atom. The summed E-state index contributed by atoms with van der Waals surface area (Å²) in [5.41, 5.74) is 11.8. The zero-order valence-corrected chi connectivity index (χ0v) is 16.2. The van der Waals surface area contributed by atoms with Crippen LogP contribution in [0.5, 0.6) is 5.75 Å². The van der Waals surface area contributed by atoms with Gasteiger partial charge in [-0.2, -0.15) is 0 Å². The predicted octanol–water partition coefficient (Wildman–Crippen LogP) is 6.92. The lowest BCUT2D eigenvalue weighted by molar-refractivity contribution is 0.416. The minimum absolute atomic E-state index is 0.774. The van der Waals surface area contributed by atoms with E-state index < -0.39 is 0 Å². The predicted molar refractivity (Wildman–Crippen MR) is 123 cm³/mol. The van der Waals surface area contributed by atoms with Crippen molar-refractivity contribution in [2.75, 3.05) is 12.8 Å². The Balaban J connectivity index is 1.97. The SMILES string of the molecule is COc1ccccc1-c1ccc2ccccc2c1-c1c(N)ccc2ccccc12. The fourth-order valence-corrected chi connectivity index (χ4v) is 4.20. The lowest BCUT2D eigenvalue weighted by Crippen LogP contribution is -1.96. The molecule has 0 atom stereocenters. The highest BCUT2D eigenvalue weighted by atomic mass is 16.5. The van der Waals surface area contributed by atoms with Crippen LogP contribution in [0.3, 0.4) is 0 Å². The molecule has 5 aromatic rings. The lowest BCUT2D eigenvalue weighted by Gasteiger charge is -2.19. The first-order valence-corrected chi connectivity index (χ1v) is 9.70. The van der Waals surface area contributed by atoms with Gasteiger partial charge in [0.25, 0.3) is 0 Å². The van der Waals surface area contributed by atoms with Crippen molar-refractivity contribution >= 4 is 27.2 Å². The molecule has 0 radical (unpaired) electrons. The molecule has 0 aliphatic rings. The van der Waals surface area contributed by atoms with Crippen LogP contribution in [0.1, 0.15) is 0 Å². The van der Waals surface area contributed by atoms with E-state index >= 15 is 0 Å². The molecule has 0 bridgehead atoms. The third kappa shape index (κ3) is 2.81. The molecule has 0 fully saturated rings. The number of nitrogens with two attached hydrogens (primary N) is 1. The summed E-state index contributed by atoms with van der Waals surface area (Å²) in [6.07, 6.45) is 0. The standard InChI is InChI=1S/C27H21NO/c1-29-25-13-7-6-12-22(25)23-16-14-18-8-2-4-10-20(18)26(23)27-21-11-5-3-9-19(21)15-17-24(27)28/h2-17H,28H2,1H3. The van der Waals surface area contributed by atoms with Crippen LogP contribution in [-0.4, -0.2) is 7.11 Å². The quantitative estimate of drug-likeness (QED) is 0.347. The van der Waals surface area contributed by atoms with Crippen molar-refractivity contribution in [3.8, 4) is 28.0 Å². The summed E-state index contributed by atoms with van der Waals surface area (Å²) in [6.45, 7) is 0. The maximum absolute atomic E-state index is 6.60. The van der Waals surface area contributed by atoms with Crippen LogP contribution in [0.15, 0.2) is 97.1 Å². The molecule has 2 heteroatoms. The summed E-state index contributed by atoms with van der Waals surface area (Å²) < 4.78 is 5.69. The number of hydrogen-bond acceptors (Lipinski definition) is 2. The second-order valence-corrected chi connectivity index (χ2v) is 7.16. The molecule has 0 unspecified atom stereocenters. The molecule has 2 N–H and O–H groups in total. The second-order valence-electron chi connectivity index (χ2n) is 7.16. The highest BCUT2D eigenvalue weighted by Gasteiger charge is 2.18. The average Bonchev–Trinajstić information content (AvgIpc) is 2.78. The molecule has 0 spiro atoms. The van der Waals surface area contributed by atoms with Crippen LogP contribution in [-0.2, 0) is 0 Å². The number of ether oxygens (including phenoxy) is 1. The Kier molecular flexibility index (Phi) is 4.18. The van der Waals surface area contributed by atoms with Crippen molar-refractivity contribution in [3.63, 3.8) is 0 Å². The van der Waals surface area contributed by atoms with E-state index in [-0.39, 0.29) is 0 Å². The molecule has 0 saturated heterocycles. The minimum atomic E-state index is 0.774. The van der Waals surface area contributed by atoms with Gasteiger partial charge in [-0.1, -0.05) is 84.9 Å². The van der Waals surface area contributed by atoms with Gasteiger partial charge in [0.05, 0.1) is 7.11 Å². The van der Waals surface area contributed by atoms with Gasteiger partial charge in [-0.3, -0.25) is 0 Å². The largest absolute Gasteiger partial charge is 0.496 e. The van der Waals surface area contributed by atoms with Gasteiger partial charge >= 0.3 is 0 Å². The van der Waals surface area contributed by atoms with E-state index in [4.69, 9.17) is 10.5 Å². The summed E-state index contributed by atoms with van der Waals surface area (Å²) in [5.74, 6) is 0.850. The van der Waals surface area contributed by atoms with Crippen LogP contribution in [0.25, 0.3) is 43.8 Å². The van der Waals surface area contributed by atoms with Crippen LogP contribution in [0.4, 0.5) is 5.69 Å². The fraction of sp³-hybridized carbons (Fsp3) is 0.0370. The summed E-state index contributed by atoms with van der Waals surface area (Å²) in [6, 6.07) is 33.5. The van der Waals surface area contributed by atoms with E-state index in [0.717, 1.165) is 39.1 Å². The molecule has 29 heavy (non-hydrogen) atoms. The van der Waals surface area contributed by atoms with Crippen molar-refractivity contribution < 1.29 is 4.74 Å². The molecule has 0 heterocycles. The first-order valence-electron chi connectivity index (χ1n) is 9.70. The fourth-order valence-electron chi connectivity index (χ4n) is 4.20. The second kappa shape index (κ2) is 6.99. The molecule has 140 valence electrons. The van der Waals surface area contributed by atoms with Crippen molar-refractivity contribution in [3.05, 3.63) is 97.1 Å². The van der Waals surface area contributed by atoms with Gasteiger partial charge in [-0.25, -0.2) is 0 Å². The Labute approximate surface area is 170 Å². The molecule has 2 nitrogen and oxygen atoms in total. The zero-order valence-electron chi connectivity index (χ0n) is 16.2. The molecular formula is C27H21NO. The van der Waals surface area contributed by atoms with E-state index in [1.807, 2.05) is 24.3 Å². The smallest absolute Gasteiger partial charge is 0.126 e. The number of para-hydroxylation sites is 1. The number of rotatable bonds is 3. The molecule has 0 aliphatic carbocycles. The molecule has 0 aromatic heterocycles. The number of hydrogen-bond donors (Lipinski definition) is 1. The summed E-state index contributed by atoms with van der Waals surface area (Å²) in [7, 11) is 1.71. The first-order chi connectivity index (χ1) is 14.3. The van der Waals surface area contributed by atoms with Crippen LogP contribution in [0.2, 0.25) is 0 Å². The van der Waals surface area contributed by atoms with Gasteiger partial charge < -0.3 is 10.5 Å². The monoisotopic (exact) mass is 375 g/mol. The normalized spacial score (nSPS) is 11.1. The average molecular weight is 375 g/mol. The molecule has 5 rings (SSSR count). The summed E-state index contributed by atoms with van der Waals surface area (Å²) in [4.78, 5) is 0. The van der Waals surface area contributed by atoms with E-state index in [9.17, 15) is 0 Å². The number of benzene rings is 5. The highest BCUT2D eigenvalue weighted by Crippen LogP contribution is 2.45. The van der Waals surface area contributed by atoms with Gasteiger partial charge in [0.2, 0.25) is 0 Å². The van der Waals surface area contributed by atoms with Crippen molar-refractivity contribution in [1.29, 1.82) is 0 Å². The minimum Gasteiger partial charge on any atom is -0.496 e. The number of methoxy groups -OCH3 is 1. The zero-order chi connectivity index (χ0) is 19.8. The third-order valence-corrected chi connectivity index (χ3v) is 5.54. The topological polar surface area (TPSA) is 35.2 Å². The molecule has 0 aliphatic heterocycles. The number of anilines is 1. The Morgan fingerprint density at radius 1 is 0.552 bits per heavy atom. The maximum Gasteiger partial charge on any atom is 0.126 e. The van der Waals surface area contributed by atoms with Crippen LogP contribution < -0.4 is 10.5 Å². The van der Waals surface area contributed by atoms with Gasteiger partial charge in [0, 0.05) is 22.4 Å².